The zero-order chi connectivity index (χ0) is 26.1. The number of non-ortho nitro benzene ring substituents is 1. The van der Waals surface area contributed by atoms with Gasteiger partial charge in [0.25, 0.3) is 11.6 Å². The highest BCUT2D eigenvalue weighted by Gasteiger charge is 2.15. The standard InChI is InChI=1S/C28H25N3O5/c1-4-6-22-14-21(15-23(17-29)28(32)30-24-8-5-7-19(2)13-24)16-26(35-3)27(22)36-18-20-9-11-25(12-10-20)31(33)34/h4-5,7-16H,1,6,18H2,2-3H3,(H,30,32)/b23-15+. The average molecular weight is 484 g/mol. The SMILES string of the molecule is C=CCc1cc(/C=C(\C#N)C(=O)Nc2cccc(C)c2)cc(OC)c1OCc1ccc([N+](=O)[O-])cc1. The van der Waals surface area contributed by atoms with Crippen LogP contribution >= 0.6 is 0 Å². The number of nitrogens with zero attached hydrogens (tertiary/aromatic N) is 2. The van der Waals surface area contributed by atoms with Crippen molar-refractivity contribution in [1.29, 1.82) is 5.26 Å². The number of rotatable bonds is 10. The van der Waals surface area contributed by atoms with Gasteiger partial charge in [0.2, 0.25) is 0 Å². The second-order valence-electron chi connectivity index (χ2n) is 7.91. The van der Waals surface area contributed by atoms with Crippen molar-refractivity contribution >= 4 is 23.4 Å². The fraction of sp³-hybridized carbons (Fsp3) is 0.143. The molecule has 0 heterocycles. The van der Waals surface area contributed by atoms with Crippen LogP contribution in [0.25, 0.3) is 6.08 Å². The predicted octanol–water partition coefficient (Wildman–Crippen LogP) is 5.77. The van der Waals surface area contributed by atoms with E-state index in [-0.39, 0.29) is 17.9 Å². The highest BCUT2D eigenvalue weighted by atomic mass is 16.6. The number of benzene rings is 3. The molecule has 0 aliphatic heterocycles. The van der Waals surface area contributed by atoms with Crippen LogP contribution in [0.3, 0.4) is 0 Å². The number of nitriles is 1. The van der Waals surface area contributed by atoms with E-state index in [1.54, 1.807) is 36.4 Å². The lowest BCUT2D eigenvalue weighted by Gasteiger charge is -2.16. The fourth-order valence-corrected chi connectivity index (χ4v) is 3.50. The number of nitro benzene ring substituents is 1. The van der Waals surface area contributed by atoms with Crippen LogP contribution in [0.5, 0.6) is 11.5 Å². The Kier molecular flexibility index (Phi) is 8.57. The van der Waals surface area contributed by atoms with Gasteiger partial charge < -0.3 is 14.8 Å². The molecule has 0 saturated heterocycles. The normalized spacial score (nSPS) is 10.8. The molecule has 8 heteroatoms. The Hall–Kier alpha value is -4.90. The monoisotopic (exact) mass is 483 g/mol. The zero-order valence-corrected chi connectivity index (χ0v) is 20.0. The molecular weight excluding hydrogens is 458 g/mol. The van der Waals surface area contributed by atoms with E-state index < -0.39 is 10.8 Å². The van der Waals surface area contributed by atoms with Gasteiger partial charge in [0.05, 0.1) is 12.0 Å². The Morgan fingerprint density at radius 1 is 1.19 bits per heavy atom. The number of nitro groups is 1. The molecule has 0 aromatic heterocycles. The molecule has 3 aromatic carbocycles. The number of aryl methyl sites for hydroxylation is 1. The number of amides is 1. The van der Waals surface area contributed by atoms with Gasteiger partial charge in [-0.15, -0.1) is 6.58 Å². The highest BCUT2D eigenvalue weighted by Crippen LogP contribution is 2.35. The van der Waals surface area contributed by atoms with Crippen molar-refractivity contribution in [2.75, 3.05) is 12.4 Å². The Morgan fingerprint density at radius 3 is 2.56 bits per heavy atom. The summed E-state index contributed by atoms with van der Waals surface area (Å²) in [5.74, 6) is 0.375. The Morgan fingerprint density at radius 2 is 1.94 bits per heavy atom. The summed E-state index contributed by atoms with van der Waals surface area (Å²) in [6, 6.07) is 18.8. The molecule has 3 rings (SSSR count). The van der Waals surface area contributed by atoms with Gasteiger partial charge in [0.15, 0.2) is 11.5 Å². The molecule has 0 aliphatic carbocycles. The molecule has 3 aromatic rings. The van der Waals surface area contributed by atoms with Crippen molar-refractivity contribution in [3.8, 4) is 17.6 Å². The van der Waals surface area contributed by atoms with Crippen LogP contribution in [0, 0.1) is 28.4 Å². The maximum atomic E-state index is 12.7. The third-order valence-corrected chi connectivity index (χ3v) is 5.22. The van der Waals surface area contributed by atoms with E-state index in [0.717, 1.165) is 16.7 Å². The molecule has 0 saturated carbocycles. The van der Waals surface area contributed by atoms with Gasteiger partial charge in [0, 0.05) is 23.4 Å². The first-order chi connectivity index (χ1) is 17.3. The zero-order valence-electron chi connectivity index (χ0n) is 20.0. The van der Waals surface area contributed by atoms with Crippen molar-refractivity contribution in [1.82, 2.24) is 0 Å². The van der Waals surface area contributed by atoms with Crippen LogP contribution < -0.4 is 14.8 Å². The summed E-state index contributed by atoms with van der Waals surface area (Å²) >= 11 is 0. The lowest BCUT2D eigenvalue weighted by molar-refractivity contribution is -0.384. The van der Waals surface area contributed by atoms with Crippen molar-refractivity contribution in [2.24, 2.45) is 0 Å². The van der Waals surface area contributed by atoms with Gasteiger partial charge >= 0.3 is 0 Å². The summed E-state index contributed by atoms with van der Waals surface area (Å²) in [5.41, 5.74) is 3.59. The number of carbonyl (C=O) groups excluding carboxylic acids is 1. The average Bonchev–Trinajstić information content (AvgIpc) is 2.86. The van der Waals surface area contributed by atoms with Crippen LogP contribution in [0.1, 0.15) is 22.3 Å². The lowest BCUT2D eigenvalue weighted by Crippen LogP contribution is -2.13. The predicted molar refractivity (Wildman–Crippen MR) is 138 cm³/mol. The highest BCUT2D eigenvalue weighted by molar-refractivity contribution is 6.09. The topological polar surface area (TPSA) is 114 Å². The van der Waals surface area contributed by atoms with Gasteiger partial charge in [-0.3, -0.25) is 14.9 Å². The van der Waals surface area contributed by atoms with Gasteiger partial charge in [-0.2, -0.15) is 5.26 Å². The number of anilines is 1. The molecule has 0 fully saturated rings. The van der Waals surface area contributed by atoms with E-state index in [2.05, 4.69) is 11.9 Å². The summed E-state index contributed by atoms with van der Waals surface area (Å²) in [6.07, 6.45) is 3.64. The number of nitrogens with one attached hydrogen (secondary N) is 1. The van der Waals surface area contributed by atoms with Crippen molar-refractivity contribution in [3.63, 3.8) is 0 Å². The molecule has 0 spiro atoms. The molecule has 36 heavy (non-hydrogen) atoms. The number of hydrogen-bond acceptors (Lipinski definition) is 6. The van der Waals surface area contributed by atoms with E-state index in [9.17, 15) is 20.2 Å². The van der Waals surface area contributed by atoms with E-state index in [0.29, 0.717) is 29.2 Å². The minimum atomic E-state index is -0.522. The lowest BCUT2D eigenvalue weighted by atomic mass is 10.0. The minimum Gasteiger partial charge on any atom is -0.493 e. The van der Waals surface area contributed by atoms with Crippen LogP contribution in [0.4, 0.5) is 11.4 Å². The number of allylic oxidation sites excluding steroid dienone is 1. The van der Waals surface area contributed by atoms with Crippen molar-refractivity contribution < 1.29 is 19.2 Å². The molecule has 0 aliphatic rings. The Balaban J connectivity index is 1.87. The number of carbonyl (C=O) groups is 1. The molecule has 8 nitrogen and oxygen atoms in total. The van der Waals surface area contributed by atoms with Crippen molar-refractivity contribution in [3.05, 3.63) is 111 Å². The largest absolute Gasteiger partial charge is 0.493 e. The summed E-state index contributed by atoms with van der Waals surface area (Å²) in [7, 11) is 1.49. The third kappa shape index (κ3) is 6.58. The van der Waals surface area contributed by atoms with E-state index in [1.807, 2.05) is 31.2 Å². The van der Waals surface area contributed by atoms with Gasteiger partial charge in [-0.25, -0.2) is 0 Å². The van der Waals surface area contributed by atoms with E-state index in [4.69, 9.17) is 9.47 Å². The third-order valence-electron chi connectivity index (χ3n) is 5.22. The molecule has 0 bridgehead atoms. The van der Waals surface area contributed by atoms with Crippen LogP contribution in [0.15, 0.2) is 78.9 Å². The first-order valence-electron chi connectivity index (χ1n) is 11.0. The summed E-state index contributed by atoms with van der Waals surface area (Å²) < 4.78 is 11.5. The first kappa shape index (κ1) is 25.7. The van der Waals surface area contributed by atoms with Crippen LogP contribution in [-0.4, -0.2) is 17.9 Å². The molecular formula is C28H25N3O5. The fourth-order valence-electron chi connectivity index (χ4n) is 3.50. The van der Waals surface area contributed by atoms with Gasteiger partial charge in [-0.1, -0.05) is 18.2 Å². The maximum Gasteiger partial charge on any atom is 0.269 e. The minimum absolute atomic E-state index is 0.000417. The van der Waals surface area contributed by atoms with Crippen molar-refractivity contribution in [2.45, 2.75) is 20.0 Å². The van der Waals surface area contributed by atoms with Gasteiger partial charge in [0.1, 0.15) is 18.2 Å². The summed E-state index contributed by atoms with van der Waals surface area (Å²) in [5, 5.41) is 23.2. The maximum absolute atomic E-state index is 12.7. The molecule has 1 amide bonds. The molecule has 182 valence electrons. The number of ether oxygens (including phenoxy) is 2. The van der Waals surface area contributed by atoms with Crippen LogP contribution in [-0.2, 0) is 17.8 Å². The Labute approximate surface area is 209 Å². The number of methoxy groups -OCH3 is 1. The quantitative estimate of drug-likeness (QED) is 0.129. The second kappa shape index (κ2) is 12.0. The smallest absolute Gasteiger partial charge is 0.269 e. The van der Waals surface area contributed by atoms with Gasteiger partial charge in [-0.05, 0) is 72.5 Å². The number of hydrogen-bond donors (Lipinski definition) is 1. The van der Waals surface area contributed by atoms with Crippen LogP contribution in [0.2, 0.25) is 0 Å². The summed E-state index contributed by atoms with van der Waals surface area (Å²) in [6.45, 7) is 5.87. The Bertz CT molecular complexity index is 1350. The molecule has 0 radical (unpaired) electrons. The molecule has 1 N–H and O–H groups in total. The summed E-state index contributed by atoms with van der Waals surface area (Å²) in [4.78, 5) is 23.1. The van der Waals surface area contributed by atoms with E-state index >= 15 is 0 Å². The molecule has 0 atom stereocenters. The van der Waals surface area contributed by atoms with E-state index in [1.165, 1.54) is 25.3 Å². The second-order valence-corrected chi connectivity index (χ2v) is 7.91. The first-order valence-corrected chi connectivity index (χ1v) is 11.0. The molecule has 0 unspecified atom stereocenters.